The van der Waals surface area contributed by atoms with Crippen molar-refractivity contribution in [3.63, 3.8) is 0 Å². The highest BCUT2D eigenvalue weighted by atomic mass is 32.2. The quantitative estimate of drug-likeness (QED) is 0.345. The van der Waals surface area contributed by atoms with Crippen LogP contribution < -0.4 is 24.2 Å². The van der Waals surface area contributed by atoms with Gasteiger partial charge in [0.05, 0.1) is 36.8 Å². The highest BCUT2D eigenvalue weighted by Crippen LogP contribution is 2.37. The van der Waals surface area contributed by atoms with Crippen molar-refractivity contribution in [1.82, 2.24) is 19.4 Å². The van der Waals surface area contributed by atoms with Gasteiger partial charge in [-0.25, -0.2) is 9.78 Å². The van der Waals surface area contributed by atoms with Crippen molar-refractivity contribution >= 4 is 33.3 Å². The number of hydrogen-bond donors (Lipinski definition) is 3. The topological polar surface area (TPSA) is 165 Å². The molecular weight excluding hydrogens is 580 g/mol. The monoisotopic (exact) mass is 614 g/mol. The fraction of sp³-hybridized carbons (Fsp3) is 0.393. The Morgan fingerprint density at radius 2 is 2.00 bits per heavy atom. The van der Waals surface area contributed by atoms with Gasteiger partial charge in [-0.1, -0.05) is 13.0 Å². The predicted octanol–water partition coefficient (Wildman–Crippen LogP) is 2.33. The second-order valence-electron chi connectivity index (χ2n) is 10.7. The van der Waals surface area contributed by atoms with Gasteiger partial charge in [0.1, 0.15) is 6.10 Å². The summed E-state index contributed by atoms with van der Waals surface area (Å²) in [7, 11) is -0.875. The average Bonchev–Trinajstić information content (AvgIpc) is 3.63. The fourth-order valence-electron chi connectivity index (χ4n) is 4.81. The fourth-order valence-corrected chi connectivity index (χ4v) is 5.86. The molecule has 0 saturated carbocycles. The van der Waals surface area contributed by atoms with E-state index in [1.807, 2.05) is 6.92 Å². The van der Waals surface area contributed by atoms with E-state index in [2.05, 4.69) is 15.0 Å². The molecule has 0 bridgehead atoms. The maximum atomic E-state index is 13.7. The first-order valence-corrected chi connectivity index (χ1v) is 15.1. The number of aliphatic hydroxyl groups is 1. The number of carbonyl (C=O) groups is 2. The van der Waals surface area contributed by atoms with Crippen molar-refractivity contribution in [1.29, 1.82) is 0 Å². The second kappa shape index (κ2) is 12.0. The van der Waals surface area contributed by atoms with Crippen LogP contribution in [0.2, 0.25) is 0 Å². The lowest BCUT2D eigenvalue weighted by Crippen LogP contribution is -2.50. The van der Waals surface area contributed by atoms with Gasteiger partial charge in [-0.3, -0.25) is 9.52 Å². The Morgan fingerprint density at radius 3 is 2.72 bits per heavy atom. The summed E-state index contributed by atoms with van der Waals surface area (Å²) in [5.41, 5.74) is 0.670. The number of nitrogens with zero attached hydrogens (tertiary/aromatic N) is 4. The minimum atomic E-state index is -4.13. The van der Waals surface area contributed by atoms with Crippen LogP contribution in [0.4, 0.5) is 16.2 Å². The second-order valence-corrected chi connectivity index (χ2v) is 12.3. The van der Waals surface area contributed by atoms with Gasteiger partial charge in [-0.05, 0) is 31.2 Å². The number of imidazole rings is 1. The van der Waals surface area contributed by atoms with E-state index in [1.165, 1.54) is 39.0 Å². The van der Waals surface area contributed by atoms with E-state index in [0.717, 1.165) is 0 Å². The zero-order valence-electron chi connectivity index (χ0n) is 24.2. The van der Waals surface area contributed by atoms with E-state index < -0.39 is 34.1 Å². The number of benzene rings is 2. The van der Waals surface area contributed by atoms with Gasteiger partial charge < -0.3 is 39.0 Å². The molecule has 3 atom stereocenters. The number of para-hydroxylation sites is 1. The Bertz CT molecular complexity index is 1630. The molecule has 230 valence electrons. The third-order valence-corrected chi connectivity index (χ3v) is 8.57. The molecule has 0 radical (unpaired) electrons. The highest BCUT2D eigenvalue weighted by molar-refractivity contribution is 7.92. The van der Waals surface area contributed by atoms with Crippen LogP contribution in [0.15, 0.2) is 53.9 Å². The molecule has 0 unspecified atom stereocenters. The molecule has 3 aromatic rings. The van der Waals surface area contributed by atoms with Crippen LogP contribution in [-0.4, -0.2) is 90.5 Å². The highest BCUT2D eigenvalue weighted by Gasteiger charge is 2.35. The normalized spacial score (nSPS) is 18.6. The van der Waals surface area contributed by atoms with Crippen molar-refractivity contribution in [3.05, 3.63) is 54.5 Å². The molecule has 1 aromatic heterocycles. The number of carbonyl (C=O) groups excluding carboxylic acids is 2. The lowest BCUT2D eigenvalue weighted by atomic mass is 9.99. The van der Waals surface area contributed by atoms with Gasteiger partial charge in [-0.15, -0.1) is 0 Å². The number of urea groups is 1. The van der Waals surface area contributed by atoms with E-state index in [0.29, 0.717) is 17.2 Å². The largest absolute Gasteiger partial charge is 0.485 e. The van der Waals surface area contributed by atoms with E-state index in [-0.39, 0.29) is 54.4 Å². The molecule has 0 fully saturated rings. The zero-order chi connectivity index (χ0) is 30.9. The van der Waals surface area contributed by atoms with E-state index in [1.54, 1.807) is 45.3 Å². The lowest BCUT2D eigenvalue weighted by molar-refractivity contribution is 0.0373. The Kier molecular flexibility index (Phi) is 8.37. The Hall–Kier alpha value is -4.50. The van der Waals surface area contributed by atoms with Crippen LogP contribution in [0, 0.1) is 5.92 Å². The first-order valence-electron chi connectivity index (χ1n) is 13.6. The number of aromatic nitrogens is 2. The number of hydrogen-bond acceptors (Lipinski definition) is 9. The molecule has 2 aromatic carbocycles. The van der Waals surface area contributed by atoms with Crippen LogP contribution >= 0.6 is 0 Å². The summed E-state index contributed by atoms with van der Waals surface area (Å²) in [4.78, 5) is 33.8. The number of ether oxygens (including phenoxy) is 3. The molecule has 43 heavy (non-hydrogen) atoms. The summed E-state index contributed by atoms with van der Waals surface area (Å²) < 4.78 is 47.5. The first kappa shape index (κ1) is 30.0. The van der Waals surface area contributed by atoms with E-state index in [4.69, 9.17) is 14.2 Å². The van der Waals surface area contributed by atoms with Crippen molar-refractivity contribution in [2.45, 2.75) is 31.0 Å². The molecule has 3 N–H and O–H groups in total. The molecule has 5 rings (SSSR count). The average molecular weight is 615 g/mol. The Morgan fingerprint density at radius 1 is 1.23 bits per heavy atom. The van der Waals surface area contributed by atoms with Crippen LogP contribution in [0.1, 0.15) is 24.2 Å². The summed E-state index contributed by atoms with van der Waals surface area (Å²) in [6, 6.07) is 8.70. The number of amides is 3. The number of likely N-dealkylation sites (N-methyl/N-ethyl adjacent to an activating group) is 1. The zero-order valence-corrected chi connectivity index (χ0v) is 25.0. The predicted molar refractivity (Wildman–Crippen MR) is 156 cm³/mol. The van der Waals surface area contributed by atoms with Crippen molar-refractivity contribution in [2.24, 2.45) is 13.0 Å². The molecule has 2 aliphatic heterocycles. The maximum Gasteiger partial charge on any atom is 0.321 e. The molecule has 0 aliphatic carbocycles. The molecule has 15 heteroatoms. The van der Waals surface area contributed by atoms with E-state index >= 15 is 0 Å². The minimum absolute atomic E-state index is 0.0169. The lowest BCUT2D eigenvalue weighted by Gasteiger charge is -2.38. The maximum absolute atomic E-state index is 13.7. The number of sulfonamides is 1. The third-order valence-electron chi connectivity index (χ3n) is 7.32. The van der Waals surface area contributed by atoms with Crippen LogP contribution in [0.25, 0.3) is 0 Å². The van der Waals surface area contributed by atoms with Crippen LogP contribution in [0.5, 0.6) is 17.2 Å². The van der Waals surface area contributed by atoms with Gasteiger partial charge in [0.2, 0.25) is 6.79 Å². The SMILES string of the molecule is C[C@@H]1CN([C@H](C)CO)C(=O)c2cccc(NS(=O)(=O)c3cn(C)cn3)c2O[C@H]1CN(C)C(=O)Nc1ccc2c(c1)OCO2. The van der Waals surface area contributed by atoms with Gasteiger partial charge >= 0.3 is 6.03 Å². The summed E-state index contributed by atoms with van der Waals surface area (Å²) in [5.74, 6) is 0.384. The Balaban J connectivity index is 1.44. The van der Waals surface area contributed by atoms with Crippen molar-refractivity contribution < 1.29 is 37.3 Å². The molecule has 3 amide bonds. The summed E-state index contributed by atoms with van der Waals surface area (Å²) in [6.07, 6.45) is 2.04. The number of fused-ring (bicyclic) bond motifs is 2. The van der Waals surface area contributed by atoms with Gasteiger partial charge in [0.15, 0.2) is 22.3 Å². The molecule has 2 aliphatic rings. The molecule has 14 nitrogen and oxygen atoms in total. The third kappa shape index (κ3) is 6.32. The minimum Gasteiger partial charge on any atom is -0.485 e. The first-order chi connectivity index (χ1) is 20.5. The van der Waals surface area contributed by atoms with Gasteiger partial charge in [0, 0.05) is 44.5 Å². The van der Waals surface area contributed by atoms with Gasteiger partial charge in [0.25, 0.3) is 15.9 Å². The van der Waals surface area contributed by atoms with Gasteiger partial charge in [-0.2, -0.15) is 8.42 Å². The number of aryl methyl sites for hydroxylation is 1. The molecule has 0 saturated heterocycles. The number of nitrogens with one attached hydrogen (secondary N) is 2. The standard InChI is InChI=1S/C28H34N6O8S/c1-17-11-34(18(2)14-35)27(36)20-6-5-7-21(31-43(38,39)25-13-32(3)15-29-25)26(20)42-24(17)12-33(4)28(37)30-19-8-9-22-23(10-19)41-16-40-22/h5-10,13,15,17-18,24,31,35H,11-12,14,16H2,1-4H3,(H,30,37)/t17-,18-,24+/m1/s1. The summed E-state index contributed by atoms with van der Waals surface area (Å²) in [6.45, 7) is 3.74. The molecule has 3 heterocycles. The van der Waals surface area contributed by atoms with Crippen LogP contribution in [-0.2, 0) is 17.1 Å². The summed E-state index contributed by atoms with van der Waals surface area (Å²) >= 11 is 0. The smallest absolute Gasteiger partial charge is 0.321 e. The molecule has 0 spiro atoms. The van der Waals surface area contributed by atoms with Crippen molar-refractivity contribution in [2.75, 3.05) is 43.6 Å². The summed E-state index contributed by atoms with van der Waals surface area (Å²) in [5, 5.41) is 12.5. The molecular formula is C28H34N6O8S. The van der Waals surface area contributed by atoms with E-state index in [9.17, 15) is 23.1 Å². The number of anilines is 2. The Labute approximate surface area is 249 Å². The number of aliphatic hydroxyl groups excluding tert-OH is 1. The van der Waals surface area contributed by atoms with Crippen molar-refractivity contribution in [3.8, 4) is 17.2 Å². The van der Waals surface area contributed by atoms with Crippen LogP contribution in [0.3, 0.4) is 0 Å². The number of rotatable bonds is 8.